The van der Waals surface area contributed by atoms with E-state index in [0.717, 1.165) is 4.90 Å². The fourth-order valence-electron chi connectivity index (χ4n) is 1.74. The Kier molecular flexibility index (Phi) is 2.91. The Bertz CT molecular complexity index is 482. The fraction of sp³-hybridized carbons (Fsp3) is 0.250. The van der Waals surface area contributed by atoms with Crippen LogP contribution in [0.2, 0.25) is 0 Å². The Labute approximate surface area is 98.4 Å². The van der Waals surface area contributed by atoms with E-state index in [0.29, 0.717) is 12.1 Å². The van der Waals surface area contributed by atoms with Crippen molar-refractivity contribution in [1.29, 1.82) is 0 Å². The van der Waals surface area contributed by atoms with Gasteiger partial charge in [0.1, 0.15) is 0 Å². The third-order valence-corrected chi connectivity index (χ3v) is 2.64. The number of anilines is 1. The monoisotopic (exact) mass is 231 g/mol. The van der Waals surface area contributed by atoms with Gasteiger partial charge in [-0.25, -0.2) is 14.7 Å². The number of para-hydroxylation sites is 1. The summed E-state index contributed by atoms with van der Waals surface area (Å²) >= 11 is 0. The molecular weight excluding hydrogens is 220 g/mol. The molecular formula is C12H11N2O3-. The lowest BCUT2D eigenvalue weighted by Crippen LogP contribution is -2.50. The fourth-order valence-corrected chi connectivity index (χ4v) is 1.74. The van der Waals surface area contributed by atoms with Gasteiger partial charge >= 0.3 is 6.03 Å². The van der Waals surface area contributed by atoms with Crippen molar-refractivity contribution >= 4 is 23.5 Å². The van der Waals surface area contributed by atoms with Crippen LogP contribution in [0.5, 0.6) is 0 Å². The summed E-state index contributed by atoms with van der Waals surface area (Å²) in [5.74, 6) is -1.98. The highest BCUT2D eigenvalue weighted by molar-refractivity contribution is 6.25. The molecule has 88 valence electrons. The van der Waals surface area contributed by atoms with E-state index in [2.05, 4.69) is 4.99 Å². The molecule has 0 spiro atoms. The zero-order chi connectivity index (χ0) is 12.4. The molecule has 5 nitrogen and oxygen atoms in total. The van der Waals surface area contributed by atoms with E-state index in [4.69, 9.17) is 0 Å². The first-order valence-corrected chi connectivity index (χ1v) is 5.33. The van der Waals surface area contributed by atoms with Gasteiger partial charge in [0.15, 0.2) is 0 Å². The number of rotatable bonds is 2. The number of amides is 3. The number of hydrogen-bond acceptors (Lipinski definition) is 3. The summed E-state index contributed by atoms with van der Waals surface area (Å²) in [6, 6.07) is 7.67. The van der Waals surface area contributed by atoms with Gasteiger partial charge in [-0.05, 0) is 24.5 Å². The number of aliphatic imine (C=N–C) groups is 1. The molecule has 3 amide bonds. The number of imide groups is 1. The van der Waals surface area contributed by atoms with Gasteiger partial charge in [-0.2, -0.15) is 0 Å². The van der Waals surface area contributed by atoms with Crippen molar-refractivity contribution in [3.63, 3.8) is 0 Å². The average Bonchev–Trinajstić information content (AvgIpc) is 2.30. The quantitative estimate of drug-likeness (QED) is 0.760. The van der Waals surface area contributed by atoms with E-state index >= 15 is 0 Å². The zero-order valence-electron chi connectivity index (χ0n) is 9.29. The van der Waals surface area contributed by atoms with Crippen LogP contribution >= 0.6 is 0 Å². The topological polar surface area (TPSA) is 72.8 Å². The summed E-state index contributed by atoms with van der Waals surface area (Å²) in [7, 11) is 0. The predicted octanol–water partition coefficient (Wildman–Crippen LogP) is 0.938. The van der Waals surface area contributed by atoms with E-state index in [-0.39, 0.29) is 0 Å². The molecule has 1 unspecified atom stereocenters. The van der Waals surface area contributed by atoms with Crippen molar-refractivity contribution in [2.45, 2.75) is 13.3 Å². The largest absolute Gasteiger partial charge is 0.861 e. The summed E-state index contributed by atoms with van der Waals surface area (Å²) in [6.45, 7) is 1.72. The second kappa shape index (κ2) is 4.37. The first-order chi connectivity index (χ1) is 8.15. The van der Waals surface area contributed by atoms with Gasteiger partial charge < -0.3 is 5.11 Å². The molecule has 1 atom stereocenters. The van der Waals surface area contributed by atoms with Gasteiger partial charge in [-0.15, -0.1) is 0 Å². The molecule has 0 radical (unpaired) electrons. The molecule has 2 rings (SSSR count). The van der Waals surface area contributed by atoms with E-state index in [9.17, 15) is 14.7 Å². The number of urea groups is 1. The standard InChI is InChI=1S/C12H12N2O3/c1-2-9-10(15)13-12(17)14(11(9)16)8-6-4-3-5-7-8/h3-7,9H,2H2,1H3,(H,13,15,17)/p-1. The lowest BCUT2D eigenvalue weighted by Gasteiger charge is -2.31. The van der Waals surface area contributed by atoms with Crippen LogP contribution in [0.25, 0.3) is 0 Å². The normalized spacial score (nSPS) is 20.4. The number of nitrogens with zero attached hydrogens (tertiary/aromatic N) is 2. The van der Waals surface area contributed by atoms with E-state index in [1.54, 1.807) is 37.3 Å². The number of hydrogen-bond donors (Lipinski definition) is 0. The minimum Gasteiger partial charge on any atom is -0.861 e. The third-order valence-electron chi connectivity index (χ3n) is 2.64. The smallest absolute Gasteiger partial charge is 0.353 e. The van der Waals surface area contributed by atoms with Crippen molar-refractivity contribution < 1.29 is 14.7 Å². The van der Waals surface area contributed by atoms with Gasteiger partial charge in [0.05, 0.1) is 11.6 Å². The maximum atomic E-state index is 12.0. The summed E-state index contributed by atoms with van der Waals surface area (Å²) in [5, 5.41) is 11.4. The van der Waals surface area contributed by atoms with Crippen LogP contribution in [-0.4, -0.2) is 17.8 Å². The Balaban J connectivity index is 2.42. The second-order valence-electron chi connectivity index (χ2n) is 3.70. The summed E-state index contributed by atoms with van der Waals surface area (Å²) in [6.07, 6.45) is 0.345. The second-order valence-corrected chi connectivity index (χ2v) is 3.70. The van der Waals surface area contributed by atoms with Gasteiger partial charge in [0.25, 0.3) is 0 Å². The van der Waals surface area contributed by atoms with E-state index < -0.39 is 23.8 Å². The van der Waals surface area contributed by atoms with Crippen LogP contribution in [0.4, 0.5) is 10.5 Å². The SMILES string of the molecule is CCC1C(=O)N(c2ccccc2)C(=O)N=C1[O-]. The molecule has 0 fully saturated rings. The van der Waals surface area contributed by atoms with Crippen molar-refractivity contribution in [2.75, 3.05) is 4.90 Å². The first-order valence-electron chi connectivity index (χ1n) is 5.33. The third kappa shape index (κ3) is 1.91. The van der Waals surface area contributed by atoms with Crippen LogP contribution in [0.15, 0.2) is 35.3 Å². The Hall–Kier alpha value is -2.17. The predicted molar refractivity (Wildman–Crippen MR) is 60.5 cm³/mol. The average molecular weight is 231 g/mol. The van der Waals surface area contributed by atoms with Crippen molar-refractivity contribution in [3.8, 4) is 0 Å². The van der Waals surface area contributed by atoms with Gasteiger partial charge in [0.2, 0.25) is 5.91 Å². The molecule has 1 heterocycles. The molecule has 0 saturated heterocycles. The summed E-state index contributed by atoms with van der Waals surface area (Å²) in [4.78, 5) is 27.9. The molecule has 17 heavy (non-hydrogen) atoms. The van der Waals surface area contributed by atoms with Crippen molar-refractivity contribution in [2.24, 2.45) is 10.9 Å². The number of carbonyl (C=O) groups excluding carboxylic acids is 2. The maximum Gasteiger partial charge on any atom is 0.353 e. The van der Waals surface area contributed by atoms with Crippen LogP contribution in [-0.2, 0) is 4.79 Å². The minimum atomic E-state index is -0.840. The molecule has 1 aliphatic heterocycles. The van der Waals surface area contributed by atoms with Crippen LogP contribution in [0.3, 0.4) is 0 Å². The van der Waals surface area contributed by atoms with Crippen molar-refractivity contribution in [3.05, 3.63) is 30.3 Å². The van der Waals surface area contributed by atoms with Crippen molar-refractivity contribution in [1.82, 2.24) is 0 Å². The zero-order valence-corrected chi connectivity index (χ0v) is 9.29. The highest BCUT2D eigenvalue weighted by Gasteiger charge is 2.33. The molecule has 5 heteroatoms. The Morgan fingerprint density at radius 1 is 1.29 bits per heavy atom. The van der Waals surface area contributed by atoms with Crippen LogP contribution in [0, 0.1) is 5.92 Å². The van der Waals surface area contributed by atoms with E-state index in [1.165, 1.54) is 0 Å². The Morgan fingerprint density at radius 3 is 2.53 bits per heavy atom. The summed E-state index contributed by atoms with van der Waals surface area (Å²) < 4.78 is 0. The number of benzene rings is 1. The molecule has 1 aromatic rings. The van der Waals surface area contributed by atoms with Gasteiger partial charge in [0, 0.05) is 0 Å². The van der Waals surface area contributed by atoms with Gasteiger partial charge in [-0.3, -0.25) is 4.79 Å². The highest BCUT2D eigenvalue weighted by atomic mass is 16.3. The maximum absolute atomic E-state index is 12.0. The van der Waals surface area contributed by atoms with E-state index in [1.807, 2.05) is 0 Å². The number of carbonyl (C=O) groups is 2. The molecule has 0 N–H and O–H groups in total. The highest BCUT2D eigenvalue weighted by Crippen LogP contribution is 2.22. The van der Waals surface area contributed by atoms with Gasteiger partial charge in [-0.1, -0.05) is 25.1 Å². The minimum absolute atomic E-state index is 0.345. The molecule has 0 aromatic heterocycles. The first kappa shape index (κ1) is 11.3. The Morgan fingerprint density at radius 2 is 1.94 bits per heavy atom. The van der Waals surface area contributed by atoms with Crippen LogP contribution < -0.4 is 10.0 Å². The molecule has 0 bridgehead atoms. The molecule has 0 aliphatic carbocycles. The lowest BCUT2D eigenvalue weighted by molar-refractivity contribution is -0.223. The van der Waals surface area contributed by atoms with Crippen LogP contribution in [0.1, 0.15) is 13.3 Å². The summed E-state index contributed by atoms with van der Waals surface area (Å²) in [5.41, 5.74) is 0.442. The lowest BCUT2D eigenvalue weighted by atomic mass is 10.0. The molecule has 0 saturated carbocycles. The molecule has 1 aliphatic rings. The molecule has 1 aromatic carbocycles.